The fourth-order valence-corrected chi connectivity index (χ4v) is 1.45. The summed E-state index contributed by atoms with van der Waals surface area (Å²) < 4.78 is 5.46. The van der Waals surface area contributed by atoms with E-state index in [0.29, 0.717) is 24.3 Å². The maximum Gasteiger partial charge on any atom is 0.270 e. The van der Waals surface area contributed by atoms with Crippen LogP contribution in [0.2, 0.25) is 0 Å². The molecule has 0 radical (unpaired) electrons. The van der Waals surface area contributed by atoms with Crippen molar-refractivity contribution in [1.29, 1.82) is 0 Å². The van der Waals surface area contributed by atoms with Crippen LogP contribution in [0.15, 0.2) is 18.2 Å². The molecule has 0 fully saturated rings. The summed E-state index contributed by atoms with van der Waals surface area (Å²) in [6.07, 6.45) is 0.0802. The van der Waals surface area contributed by atoms with Crippen molar-refractivity contribution in [2.24, 2.45) is 0 Å². The zero-order valence-electron chi connectivity index (χ0n) is 10.5. The molecule has 1 atom stereocenters. The molecule has 0 aromatic heterocycles. The number of aliphatic hydroxyl groups excluding tert-OH is 1. The van der Waals surface area contributed by atoms with E-state index in [1.165, 1.54) is 12.1 Å². The van der Waals surface area contributed by atoms with Crippen molar-refractivity contribution >= 4 is 5.69 Å². The summed E-state index contributed by atoms with van der Waals surface area (Å²) in [6, 6.07) is 4.43. The molecule has 0 saturated carbocycles. The van der Waals surface area contributed by atoms with Crippen LogP contribution in [0.1, 0.15) is 18.9 Å². The van der Waals surface area contributed by atoms with Gasteiger partial charge in [0.05, 0.1) is 11.0 Å². The molecular weight excluding hydrogens is 236 g/mol. The molecule has 6 heteroatoms. The zero-order valence-corrected chi connectivity index (χ0v) is 10.5. The first-order chi connectivity index (χ1) is 8.58. The lowest BCUT2D eigenvalue weighted by Crippen LogP contribution is -2.17. The van der Waals surface area contributed by atoms with E-state index in [0.717, 1.165) is 0 Å². The smallest absolute Gasteiger partial charge is 0.270 e. The highest BCUT2D eigenvalue weighted by Crippen LogP contribution is 2.24. The number of nitro benzene ring substituents is 1. The van der Waals surface area contributed by atoms with E-state index < -0.39 is 11.0 Å². The second-order valence-corrected chi connectivity index (χ2v) is 3.95. The van der Waals surface area contributed by atoms with E-state index in [4.69, 9.17) is 4.74 Å². The second kappa shape index (κ2) is 6.93. The second-order valence-electron chi connectivity index (χ2n) is 3.95. The molecule has 1 unspecified atom stereocenters. The Bertz CT molecular complexity index is 409. The Hall–Kier alpha value is -1.66. The van der Waals surface area contributed by atoms with Crippen molar-refractivity contribution in [3.8, 4) is 5.75 Å². The fraction of sp³-hybridized carbons (Fsp3) is 0.500. The van der Waals surface area contributed by atoms with Gasteiger partial charge in [0.15, 0.2) is 0 Å². The van der Waals surface area contributed by atoms with Crippen molar-refractivity contribution in [3.63, 3.8) is 0 Å². The number of nitrogens with one attached hydrogen (secondary N) is 1. The van der Waals surface area contributed by atoms with E-state index in [1.807, 2.05) is 6.92 Å². The van der Waals surface area contributed by atoms with E-state index in [1.54, 1.807) is 13.1 Å². The van der Waals surface area contributed by atoms with Crippen molar-refractivity contribution in [3.05, 3.63) is 33.9 Å². The highest BCUT2D eigenvalue weighted by atomic mass is 16.6. The summed E-state index contributed by atoms with van der Waals surface area (Å²) in [7, 11) is 1.75. The van der Waals surface area contributed by atoms with Crippen molar-refractivity contribution in [2.75, 3.05) is 13.7 Å². The van der Waals surface area contributed by atoms with Crippen LogP contribution in [0, 0.1) is 10.1 Å². The summed E-state index contributed by atoms with van der Waals surface area (Å²) in [5.41, 5.74) is 0.735. The third kappa shape index (κ3) is 3.97. The van der Waals surface area contributed by atoms with E-state index in [-0.39, 0.29) is 12.3 Å². The minimum absolute atomic E-state index is 0.0311. The summed E-state index contributed by atoms with van der Waals surface area (Å²) >= 11 is 0. The van der Waals surface area contributed by atoms with Crippen LogP contribution in [-0.4, -0.2) is 29.8 Å². The number of nitrogens with zero attached hydrogens (tertiary/aromatic N) is 1. The molecule has 6 nitrogen and oxygen atoms in total. The van der Waals surface area contributed by atoms with E-state index in [2.05, 4.69) is 5.32 Å². The molecule has 0 amide bonds. The van der Waals surface area contributed by atoms with Gasteiger partial charge in [0.25, 0.3) is 5.69 Å². The summed E-state index contributed by atoms with van der Waals surface area (Å²) in [6.45, 7) is 2.52. The van der Waals surface area contributed by atoms with Gasteiger partial charge in [0, 0.05) is 24.2 Å². The fourth-order valence-electron chi connectivity index (χ4n) is 1.45. The van der Waals surface area contributed by atoms with Gasteiger partial charge in [-0.05, 0) is 19.5 Å². The molecule has 1 aromatic rings. The van der Waals surface area contributed by atoms with Gasteiger partial charge in [-0.25, -0.2) is 0 Å². The molecule has 0 bridgehead atoms. The monoisotopic (exact) mass is 254 g/mol. The van der Waals surface area contributed by atoms with Crippen LogP contribution in [0.4, 0.5) is 5.69 Å². The largest absolute Gasteiger partial charge is 0.491 e. The third-order valence-electron chi connectivity index (χ3n) is 2.52. The van der Waals surface area contributed by atoms with Crippen LogP contribution in [0.5, 0.6) is 5.75 Å². The van der Waals surface area contributed by atoms with Crippen molar-refractivity contribution < 1.29 is 14.8 Å². The average molecular weight is 254 g/mol. The summed E-state index contributed by atoms with van der Waals surface area (Å²) in [5.74, 6) is 0.558. The molecule has 1 aromatic carbocycles. The molecule has 1 rings (SSSR count). The molecule has 100 valence electrons. The molecule has 0 saturated heterocycles. The number of aliphatic hydroxyl groups is 1. The summed E-state index contributed by atoms with van der Waals surface area (Å²) in [4.78, 5) is 10.2. The van der Waals surface area contributed by atoms with Crippen LogP contribution in [-0.2, 0) is 6.54 Å². The van der Waals surface area contributed by atoms with Crippen LogP contribution >= 0.6 is 0 Å². The number of benzene rings is 1. The Morgan fingerprint density at radius 1 is 1.56 bits per heavy atom. The molecule has 0 aliphatic rings. The number of non-ortho nitro benzene ring substituents is 1. The Morgan fingerprint density at radius 3 is 2.83 bits per heavy atom. The highest BCUT2D eigenvalue weighted by Gasteiger charge is 2.12. The number of rotatable bonds is 7. The van der Waals surface area contributed by atoms with Gasteiger partial charge in [-0.1, -0.05) is 6.92 Å². The first-order valence-corrected chi connectivity index (χ1v) is 5.81. The molecule has 0 spiro atoms. The quantitative estimate of drug-likeness (QED) is 0.568. The van der Waals surface area contributed by atoms with Crippen molar-refractivity contribution in [2.45, 2.75) is 26.0 Å². The lowest BCUT2D eigenvalue weighted by atomic mass is 10.1. The number of nitro groups is 1. The van der Waals surface area contributed by atoms with Gasteiger partial charge in [-0.15, -0.1) is 0 Å². The predicted octanol–water partition coefficient (Wildman–Crippen LogP) is 1.46. The Morgan fingerprint density at radius 2 is 2.28 bits per heavy atom. The Labute approximate surface area is 106 Å². The predicted molar refractivity (Wildman–Crippen MR) is 67.7 cm³/mol. The van der Waals surface area contributed by atoms with Gasteiger partial charge in [0.1, 0.15) is 12.4 Å². The van der Waals surface area contributed by atoms with Gasteiger partial charge in [0.2, 0.25) is 0 Å². The zero-order chi connectivity index (χ0) is 13.5. The number of hydrogen-bond acceptors (Lipinski definition) is 5. The normalized spacial score (nSPS) is 12.2. The standard InChI is InChI=1S/C12H18N2O4/c1-3-11(15)8-18-12-5-4-10(14(16)17)6-9(12)7-13-2/h4-6,11,13,15H,3,7-8H2,1-2H3. The third-order valence-corrected chi connectivity index (χ3v) is 2.52. The molecule has 0 heterocycles. The van der Waals surface area contributed by atoms with Crippen LogP contribution in [0.25, 0.3) is 0 Å². The maximum absolute atomic E-state index is 10.7. The molecule has 2 N–H and O–H groups in total. The van der Waals surface area contributed by atoms with E-state index >= 15 is 0 Å². The molecule has 0 aliphatic carbocycles. The lowest BCUT2D eigenvalue weighted by molar-refractivity contribution is -0.384. The summed E-state index contributed by atoms with van der Waals surface area (Å²) in [5, 5.41) is 23.0. The SMILES string of the molecule is CCC(O)COc1ccc([N+](=O)[O-])cc1CNC. The van der Waals surface area contributed by atoms with Gasteiger partial charge >= 0.3 is 0 Å². The van der Waals surface area contributed by atoms with Crippen LogP contribution in [0.3, 0.4) is 0 Å². The van der Waals surface area contributed by atoms with E-state index in [9.17, 15) is 15.2 Å². The minimum atomic E-state index is -0.525. The first-order valence-electron chi connectivity index (χ1n) is 5.81. The number of hydrogen-bond donors (Lipinski definition) is 2. The maximum atomic E-state index is 10.7. The first kappa shape index (κ1) is 14.4. The number of ether oxygens (including phenoxy) is 1. The molecule has 18 heavy (non-hydrogen) atoms. The Balaban J connectivity index is 2.85. The van der Waals surface area contributed by atoms with Gasteiger partial charge < -0.3 is 15.2 Å². The minimum Gasteiger partial charge on any atom is -0.491 e. The Kier molecular flexibility index (Phi) is 5.54. The topological polar surface area (TPSA) is 84.6 Å². The molecular formula is C12H18N2O4. The highest BCUT2D eigenvalue weighted by molar-refractivity contribution is 5.43. The van der Waals surface area contributed by atoms with Gasteiger partial charge in [-0.2, -0.15) is 0 Å². The van der Waals surface area contributed by atoms with Crippen molar-refractivity contribution in [1.82, 2.24) is 5.32 Å². The van der Waals surface area contributed by atoms with Gasteiger partial charge in [-0.3, -0.25) is 10.1 Å². The van der Waals surface area contributed by atoms with Crippen LogP contribution < -0.4 is 10.1 Å². The lowest BCUT2D eigenvalue weighted by Gasteiger charge is -2.13. The average Bonchev–Trinajstić information content (AvgIpc) is 2.36. The molecule has 0 aliphatic heterocycles.